The van der Waals surface area contributed by atoms with Crippen LogP contribution in [0.2, 0.25) is 0 Å². The third-order valence-electron chi connectivity index (χ3n) is 2.78. The van der Waals surface area contributed by atoms with Crippen LogP contribution in [0.15, 0.2) is 30.5 Å². The Balaban J connectivity index is 0. The fraction of sp³-hybridized carbons (Fsp3) is 0.389. The average molecular weight is 502 g/mol. The Bertz CT molecular complexity index is 657. The van der Waals surface area contributed by atoms with Crippen molar-refractivity contribution in [1.29, 1.82) is 0 Å². The quantitative estimate of drug-likeness (QED) is 0.588. The predicted octanol–water partition coefficient (Wildman–Crippen LogP) is 3.51. The SMILES string of the molecule is CO.CO.[2H]C([2H])([2H])c1c[c-]c(-c2ccc(C(C)(C)C)cn2)c(F)c1.[Ir]. The van der Waals surface area contributed by atoms with Crippen LogP contribution < -0.4 is 0 Å². The first-order chi connectivity index (χ1) is 11.6. The van der Waals surface area contributed by atoms with Crippen LogP contribution in [0, 0.1) is 18.7 Å². The summed E-state index contributed by atoms with van der Waals surface area (Å²) in [7, 11) is 2.00. The van der Waals surface area contributed by atoms with Crippen molar-refractivity contribution in [3.8, 4) is 11.3 Å². The van der Waals surface area contributed by atoms with Crippen LogP contribution in [0.3, 0.4) is 0 Å². The van der Waals surface area contributed by atoms with Crippen LogP contribution in [0.5, 0.6) is 0 Å². The number of aryl methyl sites for hydroxylation is 1. The summed E-state index contributed by atoms with van der Waals surface area (Å²) >= 11 is 0. The molecule has 0 saturated carbocycles. The number of benzene rings is 1. The Hall–Kier alpha value is -1.13. The molecule has 0 fully saturated rings. The molecule has 2 N–H and O–H groups in total. The molecule has 1 heterocycles. The van der Waals surface area contributed by atoms with Gasteiger partial charge in [0.15, 0.2) is 0 Å². The third kappa shape index (κ3) is 7.32. The van der Waals surface area contributed by atoms with Gasteiger partial charge in [-0.3, -0.25) is 4.39 Å². The zero-order valence-corrected chi connectivity index (χ0v) is 16.3. The van der Waals surface area contributed by atoms with Crippen molar-refractivity contribution in [3.63, 3.8) is 0 Å². The Morgan fingerprint density at radius 3 is 2.17 bits per heavy atom. The first kappa shape index (κ1) is 18.2. The van der Waals surface area contributed by atoms with Crippen molar-refractivity contribution < 1.29 is 38.8 Å². The summed E-state index contributed by atoms with van der Waals surface area (Å²) in [6, 6.07) is 8.63. The predicted molar refractivity (Wildman–Crippen MR) is 88.2 cm³/mol. The molecule has 0 bridgehead atoms. The number of aromatic nitrogens is 1. The average Bonchev–Trinajstić information content (AvgIpc) is 2.57. The van der Waals surface area contributed by atoms with Gasteiger partial charge >= 0.3 is 0 Å². The third-order valence-corrected chi connectivity index (χ3v) is 2.78. The first-order valence-corrected chi connectivity index (χ1v) is 6.67. The number of nitrogens with zero attached hydrogens (tertiary/aromatic N) is 1. The van der Waals surface area contributed by atoms with Crippen LogP contribution in [0.1, 0.15) is 36.0 Å². The molecule has 0 unspecified atom stereocenters. The molecular weight excluding hydrogens is 473 g/mol. The van der Waals surface area contributed by atoms with Crippen molar-refractivity contribution >= 4 is 0 Å². The van der Waals surface area contributed by atoms with E-state index in [1.165, 1.54) is 6.07 Å². The van der Waals surface area contributed by atoms with Gasteiger partial charge in [0.1, 0.15) is 0 Å². The number of halogens is 1. The molecular formula is C18H25FIrNO2-. The van der Waals surface area contributed by atoms with Gasteiger partial charge in [-0.25, -0.2) is 0 Å². The number of hydrogen-bond acceptors (Lipinski definition) is 3. The van der Waals surface area contributed by atoms with E-state index in [0.717, 1.165) is 25.8 Å². The topological polar surface area (TPSA) is 53.4 Å². The molecule has 1 aromatic heterocycles. The molecule has 5 heteroatoms. The maximum atomic E-state index is 14.1. The van der Waals surface area contributed by atoms with Gasteiger partial charge in [-0.1, -0.05) is 45.3 Å². The van der Waals surface area contributed by atoms with Gasteiger partial charge in [-0.05, 0) is 16.7 Å². The molecule has 0 spiro atoms. The summed E-state index contributed by atoms with van der Waals surface area (Å²) in [6.07, 6.45) is 1.71. The van der Waals surface area contributed by atoms with Gasteiger partial charge in [0.05, 0.1) is 0 Å². The van der Waals surface area contributed by atoms with E-state index in [9.17, 15) is 4.39 Å². The molecule has 0 atom stereocenters. The fourth-order valence-electron chi connectivity index (χ4n) is 1.65. The maximum Gasteiger partial charge on any atom is 0.0383 e. The standard InChI is InChI=1S/C16H17FN.2CH4O.Ir/c1-11-5-7-13(14(17)9-11)15-8-6-12(10-18-15)16(2,3)4;2*1-2;/h5-6,8-10H,1-4H3;2*2H,1H3;/q-1;;;/i1D3;;;. The minimum atomic E-state index is -2.33. The van der Waals surface area contributed by atoms with E-state index in [0.29, 0.717) is 5.69 Å². The van der Waals surface area contributed by atoms with Crippen molar-refractivity contribution in [2.24, 2.45) is 0 Å². The molecule has 0 saturated heterocycles. The Morgan fingerprint density at radius 2 is 1.78 bits per heavy atom. The molecule has 131 valence electrons. The Morgan fingerprint density at radius 1 is 1.17 bits per heavy atom. The van der Waals surface area contributed by atoms with Crippen LogP contribution >= 0.6 is 0 Å². The minimum Gasteiger partial charge on any atom is -0.400 e. The molecule has 2 aromatic rings. The van der Waals surface area contributed by atoms with Crippen LogP contribution in [0.25, 0.3) is 11.3 Å². The van der Waals surface area contributed by atoms with Crippen molar-refractivity contribution in [3.05, 3.63) is 53.5 Å². The molecule has 0 aliphatic carbocycles. The number of aliphatic hydroxyl groups excluding tert-OH is 2. The normalized spacial score (nSPS) is 12.1. The number of rotatable bonds is 1. The van der Waals surface area contributed by atoms with Crippen molar-refractivity contribution in [2.45, 2.75) is 33.0 Å². The summed E-state index contributed by atoms with van der Waals surface area (Å²) < 4.78 is 35.9. The fourth-order valence-corrected chi connectivity index (χ4v) is 1.65. The van der Waals surface area contributed by atoms with E-state index in [4.69, 9.17) is 14.3 Å². The van der Waals surface area contributed by atoms with E-state index >= 15 is 0 Å². The van der Waals surface area contributed by atoms with Crippen LogP contribution in [-0.4, -0.2) is 29.4 Å². The van der Waals surface area contributed by atoms with Gasteiger partial charge in [0.2, 0.25) is 0 Å². The van der Waals surface area contributed by atoms with E-state index in [1.807, 2.05) is 6.07 Å². The van der Waals surface area contributed by atoms with E-state index in [2.05, 4.69) is 31.8 Å². The molecule has 0 aliphatic rings. The van der Waals surface area contributed by atoms with E-state index in [-0.39, 0.29) is 36.6 Å². The van der Waals surface area contributed by atoms with Gasteiger partial charge in [-0.15, -0.1) is 23.8 Å². The molecule has 23 heavy (non-hydrogen) atoms. The Labute approximate surface area is 156 Å². The van der Waals surface area contributed by atoms with E-state index < -0.39 is 12.7 Å². The number of hydrogen-bond donors (Lipinski definition) is 2. The molecule has 1 aromatic carbocycles. The second-order valence-corrected chi connectivity index (χ2v) is 5.29. The maximum absolute atomic E-state index is 14.1. The summed E-state index contributed by atoms with van der Waals surface area (Å²) in [5, 5.41) is 14.0. The monoisotopic (exact) mass is 502 g/mol. The molecule has 0 amide bonds. The second-order valence-electron chi connectivity index (χ2n) is 5.29. The molecule has 3 nitrogen and oxygen atoms in total. The van der Waals surface area contributed by atoms with Crippen molar-refractivity contribution in [1.82, 2.24) is 4.98 Å². The Kier molecular flexibility index (Phi) is 9.04. The van der Waals surface area contributed by atoms with Gasteiger partial charge in [0.25, 0.3) is 0 Å². The summed E-state index contributed by atoms with van der Waals surface area (Å²) in [5.41, 5.74) is 1.58. The minimum absolute atomic E-state index is 0. The molecule has 1 radical (unpaired) electrons. The first-order valence-electron chi connectivity index (χ1n) is 8.17. The second kappa shape index (κ2) is 11.4. The summed E-state index contributed by atoms with van der Waals surface area (Å²) in [4.78, 5) is 4.26. The summed E-state index contributed by atoms with van der Waals surface area (Å²) in [6.45, 7) is 3.88. The van der Waals surface area contributed by atoms with Crippen LogP contribution in [-0.2, 0) is 25.5 Å². The van der Waals surface area contributed by atoms with Crippen molar-refractivity contribution in [2.75, 3.05) is 14.2 Å². The molecule has 2 rings (SSSR count). The van der Waals surface area contributed by atoms with Gasteiger partial charge in [0, 0.05) is 50.5 Å². The van der Waals surface area contributed by atoms with Gasteiger partial charge < -0.3 is 15.2 Å². The largest absolute Gasteiger partial charge is 0.400 e. The van der Waals surface area contributed by atoms with Crippen LogP contribution in [0.4, 0.5) is 4.39 Å². The van der Waals surface area contributed by atoms with E-state index in [1.54, 1.807) is 12.3 Å². The zero-order chi connectivity index (χ0) is 19.8. The smallest absolute Gasteiger partial charge is 0.0383 e. The summed E-state index contributed by atoms with van der Waals surface area (Å²) in [5.74, 6) is -0.625. The van der Waals surface area contributed by atoms with Gasteiger partial charge in [-0.2, -0.15) is 0 Å². The number of pyridine rings is 1. The zero-order valence-electron chi connectivity index (χ0n) is 16.9. The number of aliphatic hydroxyl groups is 2. The molecule has 0 aliphatic heterocycles.